The quantitative estimate of drug-likeness (QED) is 0.726. The van der Waals surface area contributed by atoms with Gasteiger partial charge in [-0.15, -0.1) is 0 Å². The smallest absolute Gasteiger partial charge is 0.183 e. The van der Waals surface area contributed by atoms with Crippen LogP contribution in [-0.4, -0.2) is 49.0 Å². The van der Waals surface area contributed by atoms with Crippen LogP contribution in [0.4, 0.5) is 0 Å². The minimum Gasteiger partial charge on any atom is -0.451 e. The topological polar surface area (TPSA) is 76.5 Å². The van der Waals surface area contributed by atoms with Gasteiger partial charge in [-0.3, -0.25) is 4.90 Å². The van der Waals surface area contributed by atoms with Crippen molar-refractivity contribution in [2.75, 3.05) is 30.3 Å². The highest BCUT2D eigenvalue weighted by Crippen LogP contribution is 2.35. The highest BCUT2D eigenvalue weighted by atomic mass is 79.9. The monoisotopic (exact) mass is 460 g/mol. The molecule has 9 heteroatoms. The van der Waals surface area contributed by atoms with Crippen LogP contribution in [0.5, 0.6) is 0 Å². The number of halogens is 2. The molecule has 1 aromatic rings. The van der Waals surface area contributed by atoms with E-state index < -0.39 is 15.2 Å². The molecule has 120 valence electrons. The number of hydrogen-bond donors (Lipinski definition) is 1. The third-order valence-corrected chi connectivity index (χ3v) is 8.57. The van der Waals surface area contributed by atoms with Crippen molar-refractivity contribution >= 4 is 53.5 Å². The second kappa shape index (κ2) is 7.35. The van der Waals surface area contributed by atoms with Gasteiger partial charge in [-0.2, -0.15) is 11.8 Å². The van der Waals surface area contributed by atoms with Crippen molar-refractivity contribution in [1.82, 2.24) is 4.90 Å². The summed E-state index contributed by atoms with van der Waals surface area (Å²) in [6, 6.07) is 1.61. The van der Waals surface area contributed by atoms with Crippen LogP contribution in [0.15, 0.2) is 19.6 Å². The van der Waals surface area contributed by atoms with Crippen molar-refractivity contribution in [3.63, 3.8) is 0 Å². The van der Waals surface area contributed by atoms with Crippen LogP contribution in [0, 0.1) is 0 Å². The number of nitrogens with zero attached hydrogens (tertiary/aromatic N) is 1. The SMILES string of the molecule is CCS(=O)(=O)C1CSCCN1C(CN)c1cc(Br)c(Br)o1. The van der Waals surface area contributed by atoms with E-state index in [0.717, 1.165) is 10.2 Å². The number of sulfone groups is 1. The van der Waals surface area contributed by atoms with E-state index in [1.807, 2.05) is 11.0 Å². The second-order valence-electron chi connectivity index (χ2n) is 4.74. The fourth-order valence-electron chi connectivity index (χ4n) is 2.40. The van der Waals surface area contributed by atoms with Crippen LogP contribution in [0.2, 0.25) is 0 Å². The predicted molar refractivity (Wildman–Crippen MR) is 93.2 cm³/mol. The molecular formula is C12H18Br2N2O3S2. The van der Waals surface area contributed by atoms with Crippen molar-refractivity contribution < 1.29 is 12.8 Å². The van der Waals surface area contributed by atoms with Gasteiger partial charge in [0.15, 0.2) is 14.5 Å². The average molecular weight is 462 g/mol. The van der Waals surface area contributed by atoms with E-state index in [4.69, 9.17) is 10.2 Å². The molecule has 0 amide bonds. The summed E-state index contributed by atoms with van der Waals surface area (Å²) in [5.74, 6) is 2.29. The first kappa shape index (κ1) is 17.8. The summed E-state index contributed by atoms with van der Waals surface area (Å²) in [4.78, 5) is 1.97. The lowest BCUT2D eigenvalue weighted by molar-refractivity contribution is 0.174. The summed E-state index contributed by atoms with van der Waals surface area (Å²) in [6.45, 7) is 2.68. The summed E-state index contributed by atoms with van der Waals surface area (Å²) in [7, 11) is -3.15. The lowest BCUT2D eigenvalue weighted by Gasteiger charge is -2.38. The zero-order valence-corrected chi connectivity index (χ0v) is 16.4. The van der Waals surface area contributed by atoms with E-state index in [-0.39, 0.29) is 11.8 Å². The third kappa shape index (κ3) is 3.87. The summed E-state index contributed by atoms with van der Waals surface area (Å²) in [5.41, 5.74) is 5.91. The highest BCUT2D eigenvalue weighted by Gasteiger charge is 2.38. The molecule has 0 radical (unpaired) electrons. The van der Waals surface area contributed by atoms with Gasteiger partial charge < -0.3 is 10.2 Å². The average Bonchev–Trinajstić information content (AvgIpc) is 2.79. The molecule has 2 heterocycles. The zero-order chi connectivity index (χ0) is 15.6. The van der Waals surface area contributed by atoms with Crippen LogP contribution < -0.4 is 5.73 Å². The number of rotatable bonds is 5. The maximum absolute atomic E-state index is 12.3. The molecule has 2 rings (SSSR count). The Balaban J connectivity index is 2.34. The van der Waals surface area contributed by atoms with Gasteiger partial charge in [0.1, 0.15) is 11.1 Å². The minimum absolute atomic E-state index is 0.136. The summed E-state index contributed by atoms with van der Waals surface area (Å²) >= 11 is 8.36. The second-order valence-corrected chi connectivity index (χ2v) is 9.91. The Kier molecular flexibility index (Phi) is 6.24. The van der Waals surface area contributed by atoms with Gasteiger partial charge in [-0.1, -0.05) is 6.92 Å². The molecule has 21 heavy (non-hydrogen) atoms. The van der Waals surface area contributed by atoms with Crippen molar-refractivity contribution in [2.45, 2.75) is 18.3 Å². The first-order valence-electron chi connectivity index (χ1n) is 6.60. The number of furan rings is 1. The standard InChI is InChI=1S/C12H18Br2N2O3S2/c1-2-21(17,18)11-7-20-4-3-16(11)9(6-15)10-5-8(13)12(14)19-10/h5,9,11H,2-4,6-7,15H2,1H3. The van der Waals surface area contributed by atoms with E-state index in [1.54, 1.807) is 18.7 Å². The molecule has 0 aromatic carbocycles. The van der Waals surface area contributed by atoms with E-state index in [1.165, 1.54) is 0 Å². The van der Waals surface area contributed by atoms with Crippen LogP contribution in [-0.2, 0) is 9.84 Å². The van der Waals surface area contributed by atoms with Crippen LogP contribution >= 0.6 is 43.6 Å². The minimum atomic E-state index is -3.15. The van der Waals surface area contributed by atoms with Gasteiger partial charge >= 0.3 is 0 Å². The Morgan fingerprint density at radius 2 is 2.29 bits per heavy atom. The molecular weight excluding hydrogens is 444 g/mol. The van der Waals surface area contributed by atoms with Crippen LogP contribution in [0.1, 0.15) is 18.7 Å². The lowest BCUT2D eigenvalue weighted by Crippen LogP contribution is -2.50. The fraction of sp³-hybridized carbons (Fsp3) is 0.667. The number of nitrogens with two attached hydrogens (primary N) is 1. The summed E-state index contributed by atoms with van der Waals surface area (Å²) in [6.07, 6.45) is 0. The normalized spacial score (nSPS) is 22.4. The molecule has 2 N–H and O–H groups in total. The molecule has 0 spiro atoms. The van der Waals surface area contributed by atoms with E-state index in [0.29, 0.717) is 29.3 Å². The van der Waals surface area contributed by atoms with E-state index in [9.17, 15) is 8.42 Å². The van der Waals surface area contributed by atoms with Gasteiger partial charge in [0.2, 0.25) is 0 Å². The van der Waals surface area contributed by atoms with Gasteiger partial charge in [-0.25, -0.2) is 8.42 Å². The molecule has 1 fully saturated rings. The van der Waals surface area contributed by atoms with Crippen LogP contribution in [0.3, 0.4) is 0 Å². The number of thioether (sulfide) groups is 1. The highest BCUT2D eigenvalue weighted by molar-refractivity contribution is 9.13. The van der Waals surface area contributed by atoms with Crippen molar-refractivity contribution in [3.05, 3.63) is 21.0 Å². The van der Waals surface area contributed by atoms with Crippen molar-refractivity contribution in [1.29, 1.82) is 0 Å². The Hall–Kier alpha value is 0.460. The van der Waals surface area contributed by atoms with E-state index >= 15 is 0 Å². The van der Waals surface area contributed by atoms with Crippen molar-refractivity contribution in [3.8, 4) is 0 Å². The Bertz CT molecular complexity index is 572. The molecule has 2 atom stereocenters. The van der Waals surface area contributed by atoms with Gasteiger partial charge in [0.25, 0.3) is 0 Å². The number of hydrogen-bond acceptors (Lipinski definition) is 6. The molecule has 5 nitrogen and oxygen atoms in total. The summed E-state index contributed by atoms with van der Waals surface area (Å²) in [5, 5.41) is -0.502. The molecule has 1 saturated heterocycles. The fourth-order valence-corrected chi connectivity index (χ4v) is 6.07. The zero-order valence-electron chi connectivity index (χ0n) is 11.6. The maximum Gasteiger partial charge on any atom is 0.183 e. The molecule has 1 aliphatic rings. The molecule has 0 bridgehead atoms. The molecule has 2 unspecified atom stereocenters. The third-order valence-electron chi connectivity index (χ3n) is 3.56. The Morgan fingerprint density at radius 1 is 1.57 bits per heavy atom. The molecule has 1 aliphatic heterocycles. The van der Waals surface area contributed by atoms with Gasteiger partial charge in [0, 0.05) is 30.3 Å². The van der Waals surface area contributed by atoms with Gasteiger partial charge in [0.05, 0.1) is 10.5 Å². The first-order chi connectivity index (χ1) is 9.90. The Morgan fingerprint density at radius 3 is 2.81 bits per heavy atom. The van der Waals surface area contributed by atoms with Crippen molar-refractivity contribution in [2.24, 2.45) is 5.73 Å². The molecule has 1 aromatic heterocycles. The van der Waals surface area contributed by atoms with Gasteiger partial charge in [-0.05, 0) is 37.9 Å². The maximum atomic E-state index is 12.3. The predicted octanol–water partition coefficient (Wildman–Crippen LogP) is 2.61. The lowest BCUT2D eigenvalue weighted by atomic mass is 10.2. The van der Waals surface area contributed by atoms with E-state index in [2.05, 4.69) is 31.9 Å². The Labute approximate surface area is 146 Å². The molecule has 0 aliphatic carbocycles. The first-order valence-corrected chi connectivity index (χ1v) is 11.1. The summed E-state index contributed by atoms with van der Waals surface area (Å²) < 4.78 is 31.7. The largest absolute Gasteiger partial charge is 0.451 e. The van der Waals surface area contributed by atoms with Crippen LogP contribution in [0.25, 0.3) is 0 Å². The molecule has 0 saturated carbocycles.